The Kier molecular flexibility index (Phi) is 4.74. The summed E-state index contributed by atoms with van der Waals surface area (Å²) in [4.78, 5) is 13.2. The number of benzene rings is 1. The predicted molar refractivity (Wildman–Crippen MR) is 76.6 cm³/mol. The number of likely N-dealkylation sites (tertiary alicyclic amines) is 1. The van der Waals surface area contributed by atoms with E-state index in [1.807, 2.05) is 6.07 Å². The van der Waals surface area contributed by atoms with Crippen LogP contribution in [-0.4, -0.2) is 36.0 Å². The first-order chi connectivity index (χ1) is 9.18. The molecule has 0 aromatic heterocycles. The molecule has 5 heteroatoms. The Morgan fingerprint density at radius 2 is 2.05 bits per heavy atom. The largest absolute Gasteiger partial charge is 0.378 e. The Balaban J connectivity index is 1.92. The van der Waals surface area contributed by atoms with Crippen LogP contribution in [0, 0.1) is 17.0 Å². The molecule has 0 atom stereocenters. The molecule has 1 saturated heterocycles. The molecule has 0 bridgehead atoms. The fourth-order valence-corrected chi connectivity index (χ4v) is 2.58. The van der Waals surface area contributed by atoms with Crippen molar-refractivity contribution in [2.24, 2.45) is 0 Å². The van der Waals surface area contributed by atoms with E-state index in [1.165, 1.54) is 19.3 Å². The van der Waals surface area contributed by atoms with E-state index in [9.17, 15) is 10.1 Å². The molecular weight excluding hydrogens is 242 g/mol. The van der Waals surface area contributed by atoms with Gasteiger partial charge in [-0.15, -0.1) is 0 Å². The van der Waals surface area contributed by atoms with E-state index in [2.05, 4.69) is 10.2 Å². The molecule has 5 nitrogen and oxygen atoms in total. The number of nitrogens with zero attached hydrogens (tertiary/aromatic N) is 2. The maximum absolute atomic E-state index is 11.1. The smallest absolute Gasteiger partial charge is 0.295 e. The van der Waals surface area contributed by atoms with Crippen LogP contribution in [0.1, 0.15) is 24.8 Å². The lowest BCUT2D eigenvalue weighted by Crippen LogP contribution is -2.33. The minimum atomic E-state index is -0.307. The highest BCUT2D eigenvalue weighted by Gasteiger charge is 2.16. The predicted octanol–water partition coefficient (Wildman–Crippen LogP) is 2.80. The van der Waals surface area contributed by atoms with Gasteiger partial charge in [0.05, 0.1) is 4.92 Å². The summed E-state index contributed by atoms with van der Waals surface area (Å²) in [7, 11) is 0. The lowest BCUT2D eigenvalue weighted by Gasteiger charge is -2.26. The summed E-state index contributed by atoms with van der Waals surface area (Å²) >= 11 is 0. The molecule has 1 aromatic rings. The Morgan fingerprint density at radius 3 is 2.74 bits per heavy atom. The molecule has 1 N–H and O–H groups in total. The van der Waals surface area contributed by atoms with Crippen LogP contribution in [0.25, 0.3) is 0 Å². The molecule has 2 rings (SSSR count). The fraction of sp³-hybridized carbons (Fsp3) is 0.571. The summed E-state index contributed by atoms with van der Waals surface area (Å²) in [5.41, 5.74) is 1.52. The molecular formula is C14H21N3O2. The van der Waals surface area contributed by atoms with Crippen molar-refractivity contribution in [3.05, 3.63) is 33.9 Å². The Hall–Kier alpha value is -1.62. The third kappa shape index (κ3) is 3.67. The van der Waals surface area contributed by atoms with Crippen molar-refractivity contribution in [2.45, 2.75) is 26.2 Å². The van der Waals surface area contributed by atoms with E-state index in [4.69, 9.17) is 0 Å². The summed E-state index contributed by atoms with van der Waals surface area (Å²) < 4.78 is 0. The zero-order valence-corrected chi connectivity index (χ0v) is 11.4. The van der Waals surface area contributed by atoms with Crippen molar-refractivity contribution in [3.8, 4) is 0 Å². The fourth-order valence-electron chi connectivity index (χ4n) is 2.58. The van der Waals surface area contributed by atoms with Gasteiger partial charge in [0.15, 0.2) is 0 Å². The zero-order chi connectivity index (χ0) is 13.7. The minimum Gasteiger partial charge on any atom is -0.378 e. The monoisotopic (exact) mass is 263 g/mol. The van der Waals surface area contributed by atoms with E-state index in [0.29, 0.717) is 11.3 Å². The molecule has 0 radical (unpaired) electrons. The van der Waals surface area contributed by atoms with Gasteiger partial charge in [0.2, 0.25) is 0 Å². The Labute approximate surface area is 113 Å². The van der Waals surface area contributed by atoms with Gasteiger partial charge in [-0.2, -0.15) is 0 Å². The lowest BCUT2D eigenvalue weighted by atomic mass is 10.1. The number of hydrogen-bond donors (Lipinski definition) is 1. The maximum Gasteiger partial charge on any atom is 0.295 e. The van der Waals surface area contributed by atoms with Gasteiger partial charge in [-0.25, -0.2) is 0 Å². The molecule has 1 fully saturated rings. The molecule has 104 valence electrons. The zero-order valence-electron chi connectivity index (χ0n) is 11.4. The van der Waals surface area contributed by atoms with Crippen molar-refractivity contribution in [1.82, 2.24) is 4.90 Å². The van der Waals surface area contributed by atoms with Crippen molar-refractivity contribution in [1.29, 1.82) is 0 Å². The number of anilines is 1. The van der Waals surface area contributed by atoms with Gasteiger partial charge < -0.3 is 10.2 Å². The average Bonchev–Trinajstić information content (AvgIpc) is 2.39. The maximum atomic E-state index is 11.1. The highest BCUT2D eigenvalue weighted by Crippen LogP contribution is 2.27. The third-order valence-electron chi connectivity index (χ3n) is 3.61. The molecule has 0 amide bonds. The van der Waals surface area contributed by atoms with E-state index in [1.54, 1.807) is 19.1 Å². The van der Waals surface area contributed by atoms with Gasteiger partial charge >= 0.3 is 0 Å². The first-order valence-electron chi connectivity index (χ1n) is 6.89. The second kappa shape index (κ2) is 6.52. The van der Waals surface area contributed by atoms with Crippen LogP contribution >= 0.6 is 0 Å². The van der Waals surface area contributed by atoms with Crippen LogP contribution in [0.4, 0.5) is 11.4 Å². The lowest BCUT2D eigenvalue weighted by molar-refractivity contribution is -0.384. The highest BCUT2D eigenvalue weighted by molar-refractivity contribution is 5.64. The van der Waals surface area contributed by atoms with Gasteiger partial charge in [0.25, 0.3) is 5.69 Å². The summed E-state index contributed by atoms with van der Waals surface area (Å²) in [5, 5.41) is 14.3. The first-order valence-corrected chi connectivity index (χ1v) is 6.89. The van der Waals surface area contributed by atoms with Crippen LogP contribution < -0.4 is 5.32 Å². The molecule has 1 aromatic carbocycles. The molecule has 19 heavy (non-hydrogen) atoms. The van der Waals surface area contributed by atoms with Crippen LogP contribution in [0.2, 0.25) is 0 Å². The van der Waals surface area contributed by atoms with Crippen LogP contribution in [0.15, 0.2) is 18.2 Å². The first kappa shape index (κ1) is 13.8. The second-order valence-corrected chi connectivity index (χ2v) is 5.06. The molecule has 0 spiro atoms. The van der Waals surface area contributed by atoms with Crippen molar-refractivity contribution in [3.63, 3.8) is 0 Å². The van der Waals surface area contributed by atoms with Gasteiger partial charge in [-0.05, 0) is 38.9 Å². The molecule has 0 aliphatic carbocycles. The minimum absolute atomic E-state index is 0.196. The number of hydrogen-bond acceptors (Lipinski definition) is 4. The van der Waals surface area contributed by atoms with Crippen LogP contribution in [0.5, 0.6) is 0 Å². The SMILES string of the molecule is Cc1cccc(NCCN2CCCCC2)c1[N+](=O)[O-]. The molecule has 0 saturated carbocycles. The summed E-state index contributed by atoms with van der Waals surface area (Å²) in [6.07, 6.45) is 3.86. The van der Waals surface area contributed by atoms with Crippen LogP contribution in [0.3, 0.4) is 0 Å². The van der Waals surface area contributed by atoms with E-state index < -0.39 is 0 Å². The number of nitro benzene ring substituents is 1. The van der Waals surface area contributed by atoms with Crippen LogP contribution in [-0.2, 0) is 0 Å². The number of piperidine rings is 1. The van der Waals surface area contributed by atoms with E-state index in [-0.39, 0.29) is 10.6 Å². The topological polar surface area (TPSA) is 58.4 Å². The quantitative estimate of drug-likeness (QED) is 0.655. The summed E-state index contributed by atoms with van der Waals surface area (Å²) in [5.74, 6) is 0. The Morgan fingerprint density at radius 1 is 1.32 bits per heavy atom. The van der Waals surface area contributed by atoms with Gasteiger partial charge in [0.1, 0.15) is 5.69 Å². The van der Waals surface area contributed by atoms with Gasteiger partial charge in [0, 0.05) is 18.7 Å². The third-order valence-corrected chi connectivity index (χ3v) is 3.61. The van der Waals surface area contributed by atoms with Crippen molar-refractivity contribution >= 4 is 11.4 Å². The molecule has 1 aliphatic heterocycles. The van der Waals surface area contributed by atoms with Gasteiger partial charge in [-0.1, -0.05) is 18.6 Å². The Bertz CT molecular complexity index is 442. The van der Waals surface area contributed by atoms with E-state index >= 15 is 0 Å². The average molecular weight is 263 g/mol. The molecule has 1 aliphatic rings. The molecule has 0 unspecified atom stereocenters. The number of nitrogens with one attached hydrogen (secondary N) is 1. The normalized spacial score (nSPS) is 16.3. The van der Waals surface area contributed by atoms with Crippen molar-refractivity contribution < 1.29 is 4.92 Å². The van der Waals surface area contributed by atoms with Crippen molar-refractivity contribution in [2.75, 3.05) is 31.5 Å². The number of rotatable bonds is 5. The standard InChI is InChI=1S/C14H21N3O2/c1-12-6-5-7-13(14(12)17(18)19)15-8-11-16-9-3-2-4-10-16/h5-7,15H,2-4,8-11H2,1H3. The number of nitro groups is 1. The number of aryl methyl sites for hydroxylation is 1. The molecule has 1 heterocycles. The summed E-state index contributed by atoms with van der Waals surface area (Å²) in [6, 6.07) is 5.40. The van der Waals surface area contributed by atoms with Gasteiger partial charge in [-0.3, -0.25) is 10.1 Å². The highest BCUT2D eigenvalue weighted by atomic mass is 16.6. The number of para-hydroxylation sites is 1. The summed E-state index contributed by atoms with van der Waals surface area (Å²) in [6.45, 7) is 5.78. The second-order valence-electron chi connectivity index (χ2n) is 5.06. The van der Waals surface area contributed by atoms with E-state index in [0.717, 1.165) is 26.2 Å².